The van der Waals surface area contributed by atoms with Crippen molar-refractivity contribution in [2.45, 2.75) is 26.0 Å². The third kappa shape index (κ3) is 4.46. The van der Waals surface area contributed by atoms with E-state index in [4.69, 9.17) is 4.74 Å². The molecule has 3 aromatic carbocycles. The third-order valence-electron chi connectivity index (χ3n) is 5.13. The SMILES string of the molecule is CC(C)Oc1ccc(C(=O)N2CC(=O)Nc3ccc(F)cc3[C@H]2c2ccc(F)cc2)cc1. The number of ether oxygens (including phenoxy) is 1. The number of halogens is 2. The van der Waals surface area contributed by atoms with Crippen LogP contribution in [0.5, 0.6) is 5.75 Å². The number of anilines is 1. The fraction of sp³-hybridized carbons (Fsp3) is 0.200. The van der Waals surface area contributed by atoms with Crippen molar-refractivity contribution in [3.8, 4) is 5.75 Å². The third-order valence-corrected chi connectivity index (χ3v) is 5.13. The molecule has 164 valence electrons. The Morgan fingerprint density at radius 3 is 2.31 bits per heavy atom. The summed E-state index contributed by atoms with van der Waals surface area (Å²) in [5.74, 6) is -1.14. The van der Waals surface area contributed by atoms with Crippen molar-refractivity contribution in [3.63, 3.8) is 0 Å². The van der Waals surface area contributed by atoms with Gasteiger partial charge in [-0.3, -0.25) is 9.59 Å². The van der Waals surface area contributed by atoms with Crippen LogP contribution in [0.2, 0.25) is 0 Å². The molecule has 0 saturated carbocycles. The molecule has 1 heterocycles. The summed E-state index contributed by atoms with van der Waals surface area (Å²) in [4.78, 5) is 27.5. The average molecular weight is 436 g/mol. The van der Waals surface area contributed by atoms with Gasteiger partial charge in [0.15, 0.2) is 0 Å². The Hall–Kier alpha value is -3.74. The Labute approximate surface area is 184 Å². The summed E-state index contributed by atoms with van der Waals surface area (Å²) >= 11 is 0. The molecule has 1 aliphatic heterocycles. The van der Waals surface area contributed by atoms with E-state index in [-0.39, 0.29) is 12.6 Å². The average Bonchev–Trinajstić information content (AvgIpc) is 2.90. The van der Waals surface area contributed by atoms with Crippen LogP contribution in [0.3, 0.4) is 0 Å². The quantitative estimate of drug-likeness (QED) is 0.631. The summed E-state index contributed by atoms with van der Waals surface area (Å²) in [5.41, 5.74) is 1.72. The van der Waals surface area contributed by atoms with Gasteiger partial charge in [0.1, 0.15) is 23.9 Å². The number of hydrogen-bond acceptors (Lipinski definition) is 3. The molecular weight excluding hydrogens is 414 g/mol. The summed E-state index contributed by atoms with van der Waals surface area (Å²) in [6, 6.07) is 15.4. The number of benzene rings is 3. The van der Waals surface area contributed by atoms with Gasteiger partial charge in [-0.2, -0.15) is 0 Å². The van der Waals surface area contributed by atoms with Crippen LogP contribution in [-0.2, 0) is 4.79 Å². The number of nitrogens with one attached hydrogen (secondary N) is 1. The first-order valence-electron chi connectivity index (χ1n) is 10.2. The molecule has 5 nitrogen and oxygen atoms in total. The van der Waals surface area contributed by atoms with E-state index in [1.165, 1.54) is 47.4 Å². The van der Waals surface area contributed by atoms with E-state index in [1.807, 2.05) is 13.8 Å². The zero-order valence-electron chi connectivity index (χ0n) is 17.6. The van der Waals surface area contributed by atoms with Crippen molar-refractivity contribution >= 4 is 17.5 Å². The molecule has 3 aromatic rings. The van der Waals surface area contributed by atoms with Crippen LogP contribution in [0.1, 0.15) is 41.4 Å². The summed E-state index contributed by atoms with van der Waals surface area (Å²) in [6.45, 7) is 3.55. The van der Waals surface area contributed by atoms with Crippen molar-refractivity contribution in [1.29, 1.82) is 0 Å². The minimum absolute atomic E-state index is 0.0138. The van der Waals surface area contributed by atoms with E-state index in [2.05, 4.69) is 5.32 Å². The van der Waals surface area contributed by atoms with Gasteiger partial charge in [0, 0.05) is 16.8 Å². The monoisotopic (exact) mass is 436 g/mol. The molecule has 7 heteroatoms. The number of nitrogens with zero attached hydrogens (tertiary/aromatic N) is 1. The summed E-state index contributed by atoms with van der Waals surface area (Å²) in [7, 11) is 0. The van der Waals surface area contributed by atoms with Crippen LogP contribution in [0.15, 0.2) is 66.7 Å². The minimum Gasteiger partial charge on any atom is -0.491 e. The first kappa shape index (κ1) is 21.5. The van der Waals surface area contributed by atoms with Gasteiger partial charge in [0.2, 0.25) is 5.91 Å². The molecule has 0 aromatic heterocycles. The highest BCUT2D eigenvalue weighted by molar-refractivity contribution is 6.01. The van der Waals surface area contributed by atoms with Gasteiger partial charge < -0.3 is 15.0 Å². The standard InChI is InChI=1S/C25H22F2N2O3/c1-15(2)32-20-10-5-17(6-11-20)25(31)29-14-23(30)28-22-12-9-19(27)13-21(22)24(29)16-3-7-18(26)8-4-16/h3-13,15,24H,14H2,1-2H3,(H,28,30)/t24-/m1/s1. The van der Waals surface area contributed by atoms with Crippen LogP contribution < -0.4 is 10.1 Å². The highest BCUT2D eigenvalue weighted by Crippen LogP contribution is 2.37. The van der Waals surface area contributed by atoms with Gasteiger partial charge in [-0.05, 0) is 74.0 Å². The number of carbonyl (C=O) groups excluding carboxylic acids is 2. The maximum atomic E-state index is 14.2. The van der Waals surface area contributed by atoms with E-state index in [0.29, 0.717) is 28.1 Å². The minimum atomic E-state index is -0.792. The Morgan fingerprint density at radius 1 is 1.00 bits per heavy atom. The van der Waals surface area contributed by atoms with Gasteiger partial charge in [0.25, 0.3) is 5.91 Å². The lowest BCUT2D eigenvalue weighted by Gasteiger charge is -2.30. The maximum Gasteiger partial charge on any atom is 0.255 e. The van der Waals surface area contributed by atoms with E-state index in [1.54, 1.807) is 24.3 Å². The Bertz CT molecular complexity index is 1140. The van der Waals surface area contributed by atoms with Gasteiger partial charge in [-0.15, -0.1) is 0 Å². The number of fused-ring (bicyclic) bond motifs is 1. The van der Waals surface area contributed by atoms with Crippen molar-refractivity contribution in [2.24, 2.45) is 0 Å². The second-order valence-electron chi connectivity index (χ2n) is 7.86. The summed E-state index contributed by atoms with van der Waals surface area (Å²) in [5, 5.41) is 2.73. The van der Waals surface area contributed by atoms with E-state index >= 15 is 0 Å². The highest BCUT2D eigenvalue weighted by atomic mass is 19.1. The topological polar surface area (TPSA) is 58.6 Å². The molecule has 0 aliphatic carbocycles. The molecule has 0 radical (unpaired) electrons. The lowest BCUT2D eigenvalue weighted by molar-refractivity contribution is -0.117. The van der Waals surface area contributed by atoms with Crippen LogP contribution in [-0.4, -0.2) is 29.4 Å². The summed E-state index contributed by atoms with van der Waals surface area (Å²) in [6.07, 6.45) is -0.0138. The normalized spacial score (nSPS) is 15.7. The van der Waals surface area contributed by atoms with Crippen LogP contribution in [0.4, 0.5) is 14.5 Å². The Morgan fingerprint density at radius 2 is 1.66 bits per heavy atom. The second kappa shape index (κ2) is 8.78. The maximum absolute atomic E-state index is 14.2. The molecule has 1 atom stereocenters. The lowest BCUT2D eigenvalue weighted by Crippen LogP contribution is -2.39. The van der Waals surface area contributed by atoms with E-state index < -0.39 is 29.5 Å². The molecule has 2 amide bonds. The summed E-state index contributed by atoms with van der Waals surface area (Å²) < 4.78 is 33.4. The predicted octanol–water partition coefficient (Wildman–Crippen LogP) is 4.94. The van der Waals surface area contributed by atoms with Crippen LogP contribution in [0, 0.1) is 11.6 Å². The molecule has 0 spiro atoms. The fourth-order valence-corrected chi connectivity index (χ4v) is 3.78. The molecule has 0 saturated heterocycles. The molecule has 32 heavy (non-hydrogen) atoms. The van der Waals surface area contributed by atoms with Gasteiger partial charge in [-0.25, -0.2) is 8.78 Å². The van der Waals surface area contributed by atoms with Gasteiger partial charge in [-0.1, -0.05) is 12.1 Å². The highest BCUT2D eigenvalue weighted by Gasteiger charge is 2.34. The first-order valence-corrected chi connectivity index (χ1v) is 10.2. The number of rotatable bonds is 4. The van der Waals surface area contributed by atoms with E-state index in [0.717, 1.165) is 0 Å². The second-order valence-corrected chi connectivity index (χ2v) is 7.86. The van der Waals surface area contributed by atoms with Crippen molar-refractivity contribution < 1.29 is 23.1 Å². The zero-order chi connectivity index (χ0) is 22.8. The molecule has 0 unspecified atom stereocenters. The largest absolute Gasteiger partial charge is 0.491 e. The first-order chi connectivity index (χ1) is 15.3. The van der Waals surface area contributed by atoms with Crippen molar-refractivity contribution in [1.82, 2.24) is 4.90 Å². The fourth-order valence-electron chi connectivity index (χ4n) is 3.78. The number of carbonyl (C=O) groups is 2. The van der Waals surface area contributed by atoms with Crippen molar-refractivity contribution in [2.75, 3.05) is 11.9 Å². The molecule has 1 aliphatic rings. The number of hydrogen-bond donors (Lipinski definition) is 1. The molecule has 0 bridgehead atoms. The van der Waals surface area contributed by atoms with E-state index in [9.17, 15) is 18.4 Å². The van der Waals surface area contributed by atoms with Gasteiger partial charge in [0.05, 0.1) is 12.1 Å². The molecule has 4 rings (SSSR count). The van der Waals surface area contributed by atoms with Crippen molar-refractivity contribution in [3.05, 3.63) is 95.1 Å². The molecule has 1 N–H and O–H groups in total. The van der Waals surface area contributed by atoms with Crippen LogP contribution >= 0.6 is 0 Å². The predicted molar refractivity (Wildman–Crippen MR) is 117 cm³/mol. The Balaban J connectivity index is 1.79. The number of amides is 2. The smallest absolute Gasteiger partial charge is 0.255 e. The molecular formula is C25H22F2N2O3. The zero-order valence-corrected chi connectivity index (χ0v) is 17.6. The Kier molecular flexibility index (Phi) is 5.90. The van der Waals surface area contributed by atoms with Gasteiger partial charge >= 0.3 is 0 Å². The molecule has 0 fully saturated rings. The van der Waals surface area contributed by atoms with Crippen LogP contribution in [0.25, 0.3) is 0 Å². The lowest BCUT2D eigenvalue weighted by atomic mass is 9.95.